The van der Waals surface area contributed by atoms with E-state index in [0.29, 0.717) is 55.7 Å². The first-order valence-corrected chi connectivity index (χ1v) is 15.3. The number of aliphatic carboxylic acids is 1. The van der Waals surface area contributed by atoms with Crippen LogP contribution < -0.4 is 4.90 Å². The van der Waals surface area contributed by atoms with Crippen molar-refractivity contribution < 1.29 is 36.3 Å². The number of alkyl halides is 3. The van der Waals surface area contributed by atoms with Gasteiger partial charge in [-0.1, -0.05) is 6.07 Å². The lowest BCUT2D eigenvalue weighted by Gasteiger charge is -2.39. The molecule has 1 aliphatic carbocycles. The minimum Gasteiger partial charge on any atom is -0.478 e. The summed E-state index contributed by atoms with van der Waals surface area (Å²) in [6.07, 6.45) is 3.26. The quantitative estimate of drug-likeness (QED) is 0.494. The molecule has 0 saturated carbocycles. The smallest absolute Gasteiger partial charge is 0.413 e. The number of anilines is 1. The number of halogens is 3. The number of hydrogen-bond donors (Lipinski definition) is 1. The first kappa shape index (κ1) is 29.5. The number of benzene rings is 1. The summed E-state index contributed by atoms with van der Waals surface area (Å²) in [5, 5.41) is 9.19. The number of allylic oxidation sites excluding steroid dienone is 2. The second kappa shape index (κ2) is 11.0. The number of carboxylic acid groups (broad SMARTS) is 1. The third-order valence-electron chi connectivity index (χ3n) is 8.09. The van der Waals surface area contributed by atoms with Gasteiger partial charge in [0.15, 0.2) is 6.04 Å². The van der Waals surface area contributed by atoms with E-state index in [1.807, 2.05) is 4.90 Å². The molecule has 0 radical (unpaired) electrons. The fourth-order valence-corrected chi connectivity index (χ4v) is 6.47. The average Bonchev–Trinajstić information content (AvgIpc) is 3.38. The van der Waals surface area contributed by atoms with E-state index in [9.17, 15) is 36.3 Å². The first-order valence-electron chi connectivity index (χ1n) is 13.4. The number of carbonyl (C=O) groups excluding carboxylic acids is 1. The Balaban J connectivity index is 1.31. The molecule has 2 atom stereocenters. The van der Waals surface area contributed by atoms with E-state index in [4.69, 9.17) is 0 Å². The molecule has 2 aliphatic heterocycles. The summed E-state index contributed by atoms with van der Waals surface area (Å²) in [7, 11) is -1.86. The van der Waals surface area contributed by atoms with Gasteiger partial charge in [-0.15, -0.1) is 0 Å². The summed E-state index contributed by atoms with van der Waals surface area (Å²) in [6, 6.07) is 3.56. The number of aromatic nitrogens is 2. The minimum atomic E-state index is -4.81. The van der Waals surface area contributed by atoms with Gasteiger partial charge in [-0.05, 0) is 67.2 Å². The van der Waals surface area contributed by atoms with Crippen LogP contribution in [0, 0.1) is 0 Å². The zero-order chi connectivity index (χ0) is 30.4. The summed E-state index contributed by atoms with van der Waals surface area (Å²) in [6.45, 7) is 1.07. The van der Waals surface area contributed by atoms with Crippen molar-refractivity contribution in [2.24, 2.45) is 0 Å². The van der Waals surface area contributed by atoms with Crippen molar-refractivity contribution in [2.45, 2.75) is 55.1 Å². The molecule has 0 bridgehead atoms. The Kier molecular flexibility index (Phi) is 7.77. The van der Waals surface area contributed by atoms with Crippen molar-refractivity contribution in [3.05, 3.63) is 71.1 Å². The predicted octanol–water partition coefficient (Wildman–Crippen LogP) is 3.38. The number of piperidine rings is 1. The van der Waals surface area contributed by atoms with Gasteiger partial charge < -0.3 is 19.8 Å². The molecular formula is C28H30F3N5O5S. The van der Waals surface area contributed by atoms with E-state index in [1.165, 1.54) is 18.5 Å². The van der Waals surface area contributed by atoms with Crippen LogP contribution in [0.1, 0.15) is 46.8 Å². The standard InChI is InChI=1S/C28H30F3N5O5S/c1-34(19-10-14-35(15-11-19)23-9-12-32-27(33-23)42(2,40)41)25(37)18-6-5-17-7-8-22(21(17)16-18)36-13-3-4-20(26(38)39)24(36)28(29,30)31/h3-6,9,12-13,16,19,22,24H,7-8,10-11,14-15H2,1-2H3,(H,38,39). The van der Waals surface area contributed by atoms with E-state index in [0.717, 1.165) is 22.8 Å². The number of sulfone groups is 1. The predicted molar refractivity (Wildman–Crippen MR) is 147 cm³/mol. The van der Waals surface area contributed by atoms with Crippen LogP contribution in [0.15, 0.2) is 59.5 Å². The van der Waals surface area contributed by atoms with Gasteiger partial charge in [0.25, 0.3) is 5.91 Å². The normalized spacial score (nSPS) is 21.2. The number of carbonyl (C=O) groups is 2. The van der Waals surface area contributed by atoms with E-state index < -0.39 is 39.6 Å². The number of fused-ring (bicyclic) bond motifs is 1. The van der Waals surface area contributed by atoms with Gasteiger partial charge in [0.1, 0.15) is 5.82 Å². The highest BCUT2D eigenvalue weighted by Crippen LogP contribution is 2.43. The molecule has 1 fully saturated rings. The molecular weight excluding hydrogens is 575 g/mol. The molecule has 5 rings (SSSR count). The van der Waals surface area contributed by atoms with Crippen LogP contribution in [0.5, 0.6) is 0 Å². The van der Waals surface area contributed by atoms with Crippen LogP contribution in [0.3, 0.4) is 0 Å². The highest BCUT2D eigenvalue weighted by atomic mass is 32.2. The zero-order valence-electron chi connectivity index (χ0n) is 23.0. The molecule has 1 aromatic heterocycles. The SMILES string of the molecule is CN(C(=O)c1ccc2c(c1)C(N1C=CC=C(C(=O)O)C1C(F)(F)F)CC2)C1CCN(c2ccnc(S(C)(=O)=O)n2)CC1. The molecule has 14 heteroatoms. The Hall–Kier alpha value is -3.94. The van der Waals surface area contributed by atoms with Crippen molar-refractivity contribution in [2.75, 3.05) is 31.3 Å². The van der Waals surface area contributed by atoms with Crippen LogP contribution in [0.4, 0.5) is 19.0 Å². The van der Waals surface area contributed by atoms with Gasteiger partial charge in [-0.3, -0.25) is 4.79 Å². The van der Waals surface area contributed by atoms with Gasteiger partial charge >= 0.3 is 12.1 Å². The molecule has 1 amide bonds. The maximum absolute atomic E-state index is 14.1. The third kappa shape index (κ3) is 5.72. The van der Waals surface area contributed by atoms with Crippen molar-refractivity contribution in [1.29, 1.82) is 0 Å². The second-order valence-electron chi connectivity index (χ2n) is 10.7. The molecule has 224 valence electrons. The molecule has 10 nitrogen and oxygen atoms in total. The maximum atomic E-state index is 14.1. The van der Waals surface area contributed by atoms with Crippen molar-refractivity contribution >= 4 is 27.5 Å². The molecule has 1 saturated heterocycles. The average molecular weight is 606 g/mol. The van der Waals surface area contributed by atoms with Gasteiger partial charge in [0, 0.05) is 50.4 Å². The molecule has 0 spiro atoms. The zero-order valence-corrected chi connectivity index (χ0v) is 23.8. The van der Waals surface area contributed by atoms with Crippen LogP contribution in [-0.2, 0) is 21.1 Å². The number of amides is 1. The van der Waals surface area contributed by atoms with Gasteiger partial charge in [-0.2, -0.15) is 13.2 Å². The number of hydrogen-bond acceptors (Lipinski definition) is 8. The van der Waals surface area contributed by atoms with Gasteiger partial charge in [0.05, 0.1) is 11.6 Å². The lowest BCUT2D eigenvalue weighted by Crippen LogP contribution is -2.48. The number of nitrogens with zero attached hydrogens (tertiary/aromatic N) is 5. The van der Waals surface area contributed by atoms with E-state index in [-0.39, 0.29) is 17.1 Å². The fraction of sp³-hybridized carbons (Fsp3) is 0.429. The van der Waals surface area contributed by atoms with Gasteiger partial charge in [0.2, 0.25) is 15.0 Å². The summed E-state index contributed by atoms with van der Waals surface area (Å²) in [4.78, 5) is 37.8. The van der Waals surface area contributed by atoms with Crippen LogP contribution in [-0.4, -0.2) is 89.8 Å². The summed E-state index contributed by atoms with van der Waals surface area (Å²) < 4.78 is 65.9. The Bertz CT molecular complexity index is 1570. The lowest BCUT2D eigenvalue weighted by molar-refractivity contribution is -0.176. The Morgan fingerprint density at radius 3 is 2.48 bits per heavy atom. The summed E-state index contributed by atoms with van der Waals surface area (Å²) >= 11 is 0. The highest BCUT2D eigenvalue weighted by Gasteiger charge is 2.50. The molecule has 2 aromatic rings. The van der Waals surface area contributed by atoms with Crippen LogP contribution in [0.25, 0.3) is 0 Å². The van der Waals surface area contributed by atoms with E-state index in [1.54, 1.807) is 36.2 Å². The molecule has 42 heavy (non-hydrogen) atoms. The first-order chi connectivity index (χ1) is 19.8. The van der Waals surface area contributed by atoms with E-state index >= 15 is 0 Å². The van der Waals surface area contributed by atoms with Crippen molar-refractivity contribution in [1.82, 2.24) is 19.8 Å². The van der Waals surface area contributed by atoms with Crippen molar-refractivity contribution in [3.63, 3.8) is 0 Å². The van der Waals surface area contributed by atoms with Crippen LogP contribution in [0.2, 0.25) is 0 Å². The number of carboxylic acids is 1. The number of aryl methyl sites for hydroxylation is 1. The Morgan fingerprint density at radius 1 is 1.12 bits per heavy atom. The summed E-state index contributed by atoms with van der Waals surface area (Å²) in [5.74, 6) is -1.40. The summed E-state index contributed by atoms with van der Waals surface area (Å²) in [5.41, 5.74) is 1.01. The third-order valence-corrected chi connectivity index (χ3v) is 8.95. The monoisotopic (exact) mass is 605 g/mol. The fourth-order valence-electron chi connectivity index (χ4n) is 5.96. The highest BCUT2D eigenvalue weighted by molar-refractivity contribution is 7.90. The molecule has 3 heterocycles. The van der Waals surface area contributed by atoms with Gasteiger partial charge in [-0.25, -0.2) is 23.2 Å². The topological polar surface area (TPSA) is 124 Å². The second-order valence-corrected chi connectivity index (χ2v) is 12.6. The minimum absolute atomic E-state index is 0.114. The largest absolute Gasteiger partial charge is 0.478 e. The van der Waals surface area contributed by atoms with Crippen LogP contribution >= 0.6 is 0 Å². The number of rotatable bonds is 6. The maximum Gasteiger partial charge on any atom is 0.413 e. The Labute approximate surface area is 241 Å². The lowest BCUT2D eigenvalue weighted by atomic mass is 9.96. The molecule has 3 aliphatic rings. The molecule has 2 unspecified atom stereocenters. The molecule has 1 N–H and O–H groups in total. The molecule has 1 aromatic carbocycles. The Morgan fingerprint density at radius 2 is 1.83 bits per heavy atom. The van der Waals surface area contributed by atoms with E-state index in [2.05, 4.69) is 9.97 Å². The van der Waals surface area contributed by atoms with Crippen molar-refractivity contribution in [3.8, 4) is 0 Å².